The summed E-state index contributed by atoms with van der Waals surface area (Å²) in [6.07, 6.45) is 1.95. The number of hydrogen-bond donors (Lipinski definition) is 0. The molecule has 8 aromatic rings. The van der Waals surface area contributed by atoms with Gasteiger partial charge in [0, 0.05) is 46.6 Å². The van der Waals surface area contributed by atoms with Gasteiger partial charge in [-0.15, -0.1) is 0 Å². The van der Waals surface area contributed by atoms with Gasteiger partial charge in [-0.05, 0) is 54.1 Å². The number of anilines is 3. The van der Waals surface area contributed by atoms with Gasteiger partial charge in [0.15, 0.2) is 0 Å². The topological polar surface area (TPSA) is 56.3 Å². The van der Waals surface area contributed by atoms with Crippen LogP contribution in [0.4, 0.5) is 17.2 Å². The molecule has 1 aliphatic rings. The highest BCUT2D eigenvalue weighted by Gasteiger charge is 2.40. The van der Waals surface area contributed by atoms with Crippen molar-refractivity contribution in [3.63, 3.8) is 0 Å². The maximum absolute atomic E-state index is 6.57. The van der Waals surface area contributed by atoms with Crippen LogP contribution in [0.5, 0.6) is 11.5 Å². The first-order chi connectivity index (χ1) is 22.5. The Hall–Kier alpha value is -5.88. The number of fused-ring (bicyclic) bond motifs is 7. The van der Waals surface area contributed by atoms with Gasteiger partial charge in [-0.1, -0.05) is 80.6 Å². The molecule has 0 radical (unpaired) electrons. The number of aromatic nitrogens is 3. The van der Waals surface area contributed by atoms with Crippen LogP contribution in [0, 0.1) is 0 Å². The Morgan fingerprint density at radius 1 is 0.739 bits per heavy atom. The van der Waals surface area contributed by atoms with Gasteiger partial charge in [0.05, 0.1) is 22.4 Å². The molecular weight excluding hydrogens is 568 g/mol. The molecule has 4 heterocycles. The molecule has 222 valence electrons. The molecule has 0 N–H and O–H groups in total. The molecule has 0 saturated carbocycles. The fourth-order valence-electron chi connectivity index (χ4n) is 7.04. The maximum atomic E-state index is 6.57. The number of pyridine rings is 1. The third-order valence-corrected chi connectivity index (χ3v) is 9.25. The number of ether oxygens (including phenoxy) is 1. The minimum Gasteiger partial charge on any atom is -0.457 e. The number of benzene rings is 5. The summed E-state index contributed by atoms with van der Waals surface area (Å²) in [5.41, 5.74) is 8.78. The van der Waals surface area contributed by atoms with E-state index in [2.05, 4.69) is 77.9 Å². The zero-order valence-corrected chi connectivity index (χ0v) is 25.7. The summed E-state index contributed by atoms with van der Waals surface area (Å²) in [5, 5.41) is 2.10. The van der Waals surface area contributed by atoms with E-state index in [9.17, 15) is 0 Å². The van der Waals surface area contributed by atoms with E-state index in [4.69, 9.17) is 19.1 Å². The van der Waals surface area contributed by atoms with Crippen molar-refractivity contribution < 1.29 is 9.15 Å². The Morgan fingerprint density at radius 3 is 2.39 bits per heavy atom. The van der Waals surface area contributed by atoms with E-state index in [1.165, 1.54) is 5.56 Å². The van der Waals surface area contributed by atoms with Gasteiger partial charge in [-0.25, -0.2) is 9.97 Å². The molecule has 46 heavy (non-hydrogen) atoms. The average Bonchev–Trinajstić information content (AvgIpc) is 3.62. The zero-order chi connectivity index (χ0) is 31.0. The molecule has 0 fully saturated rings. The Labute approximate surface area is 266 Å². The van der Waals surface area contributed by atoms with Gasteiger partial charge in [-0.2, -0.15) is 0 Å². The summed E-state index contributed by atoms with van der Waals surface area (Å²) in [6.45, 7) is 4.51. The number of para-hydroxylation sites is 4. The molecule has 6 nitrogen and oxygen atoms in total. The molecule has 0 amide bonds. The van der Waals surface area contributed by atoms with Crippen molar-refractivity contribution in [2.45, 2.75) is 19.3 Å². The monoisotopic (exact) mass is 598 g/mol. The standard InChI is InChI=1S/C40H30N4O2/c1-40(2)31-17-5-7-19-33(31)44(39-36(40)37-30(24-41-39)29-16-4-9-21-35(29)46-37)26-13-11-15-28(23-26)45-27-14-10-12-25(22-27)38-42-32-18-6-8-20-34(32)43(38)3/h4-24H,1-3H3. The molecule has 6 heteroatoms. The Balaban J connectivity index is 1.15. The predicted molar refractivity (Wildman–Crippen MR) is 185 cm³/mol. The van der Waals surface area contributed by atoms with E-state index in [-0.39, 0.29) is 5.41 Å². The van der Waals surface area contributed by atoms with Gasteiger partial charge < -0.3 is 13.7 Å². The molecule has 0 aliphatic carbocycles. The lowest BCUT2D eigenvalue weighted by atomic mass is 9.74. The molecular formula is C40H30N4O2. The summed E-state index contributed by atoms with van der Waals surface area (Å²) in [6, 6.07) is 41.2. The van der Waals surface area contributed by atoms with Crippen molar-refractivity contribution in [1.82, 2.24) is 14.5 Å². The third-order valence-electron chi connectivity index (χ3n) is 9.25. The Morgan fingerprint density at radius 2 is 1.50 bits per heavy atom. The maximum Gasteiger partial charge on any atom is 0.145 e. The first-order valence-corrected chi connectivity index (χ1v) is 15.5. The van der Waals surface area contributed by atoms with Crippen molar-refractivity contribution in [2.24, 2.45) is 7.05 Å². The highest BCUT2D eigenvalue weighted by molar-refractivity contribution is 6.08. The van der Waals surface area contributed by atoms with Crippen LogP contribution in [0.1, 0.15) is 25.0 Å². The van der Waals surface area contributed by atoms with E-state index in [0.717, 1.165) is 78.6 Å². The first-order valence-electron chi connectivity index (χ1n) is 15.5. The van der Waals surface area contributed by atoms with Gasteiger partial charge in [0.2, 0.25) is 0 Å². The number of nitrogens with zero attached hydrogens (tertiary/aromatic N) is 4. The van der Waals surface area contributed by atoms with E-state index in [0.29, 0.717) is 0 Å². The van der Waals surface area contributed by atoms with Gasteiger partial charge in [0.1, 0.15) is 34.3 Å². The molecule has 5 aromatic carbocycles. The molecule has 0 saturated heterocycles. The lowest BCUT2D eigenvalue weighted by Crippen LogP contribution is -2.31. The second kappa shape index (κ2) is 9.81. The summed E-state index contributed by atoms with van der Waals surface area (Å²) in [7, 11) is 2.05. The number of hydrogen-bond acceptors (Lipinski definition) is 5. The Bertz CT molecular complexity index is 2470. The minimum absolute atomic E-state index is 0.340. The van der Waals surface area contributed by atoms with Crippen LogP contribution in [-0.2, 0) is 12.5 Å². The first kappa shape index (κ1) is 26.5. The van der Waals surface area contributed by atoms with Crippen LogP contribution in [0.3, 0.4) is 0 Å². The number of imidazole rings is 1. The SMILES string of the molecule is Cn1c(-c2cccc(Oc3cccc(N4c5ccccc5C(C)(C)c5c4ncc4c5oc5ccccc54)c3)c2)nc2ccccc21. The van der Waals surface area contributed by atoms with Gasteiger partial charge in [0.25, 0.3) is 0 Å². The van der Waals surface area contributed by atoms with Crippen molar-refractivity contribution in [3.05, 3.63) is 139 Å². The highest BCUT2D eigenvalue weighted by Crippen LogP contribution is 2.54. The quantitative estimate of drug-likeness (QED) is 0.202. The number of aryl methyl sites for hydroxylation is 1. The number of furan rings is 1. The second-order valence-electron chi connectivity index (χ2n) is 12.4. The van der Waals surface area contributed by atoms with Crippen LogP contribution >= 0.6 is 0 Å². The van der Waals surface area contributed by atoms with Crippen LogP contribution in [0.2, 0.25) is 0 Å². The molecule has 9 rings (SSSR count). The van der Waals surface area contributed by atoms with Crippen molar-refractivity contribution in [2.75, 3.05) is 4.90 Å². The summed E-state index contributed by atoms with van der Waals surface area (Å²) < 4.78 is 15.2. The fourth-order valence-corrected chi connectivity index (χ4v) is 7.04. The van der Waals surface area contributed by atoms with Crippen LogP contribution in [0.25, 0.3) is 44.4 Å². The highest BCUT2D eigenvalue weighted by atomic mass is 16.5. The molecule has 0 atom stereocenters. The zero-order valence-electron chi connectivity index (χ0n) is 25.7. The summed E-state index contributed by atoms with van der Waals surface area (Å²) >= 11 is 0. The largest absolute Gasteiger partial charge is 0.457 e. The predicted octanol–water partition coefficient (Wildman–Crippen LogP) is 10.4. The van der Waals surface area contributed by atoms with Crippen LogP contribution in [0.15, 0.2) is 132 Å². The van der Waals surface area contributed by atoms with Crippen LogP contribution in [-0.4, -0.2) is 14.5 Å². The van der Waals surface area contributed by atoms with Crippen molar-refractivity contribution >= 4 is 50.2 Å². The summed E-state index contributed by atoms with van der Waals surface area (Å²) in [5.74, 6) is 3.22. The molecule has 1 aliphatic heterocycles. The van der Waals surface area contributed by atoms with Crippen molar-refractivity contribution in [3.8, 4) is 22.9 Å². The lowest BCUT2D eigenvalue weighted by molar-refractivity contribution is 0.483. The minimum atomic E-state index is -0.340. The molecule has 0 bridgehead atoms. The second-order valence-corrected chi connectivity index (χ2v) is 12.4. The Kier molecular flexibility index (Phi) is 5.66. The van der Waals surface area contributed by atoms with E-state index in [1.54, 1.807) is 0 Å². The van der Waals surface area contributed by atoms with Crippen LogP contribution < -0.4 is 9.64 Å². The third kappa shape index (κ3) is 3.90. The normalized spacial score (nSPS) is 13.7. The smallest absolute Gasteiger partial charge is 0.145 e. The van der Waals surface area contributed by atoms with Gasteiger partial charge >= 0.3 is 0 Å². The van der Waals surface area contributed by atoms with E-state index in [1.807, 2.05) is 80.0 Å². The van der Waals surface area contributed by atoms with E-state index < -0.39 is 0 Å². The molecule has 3 aromatic heterocycles. The molecule has 0 spiro atoms. The van der Waals surface area contributed by atoms with Crippen molar-refractivity contribution in [1.29, 1.82) is 0 Å². The lowest BCUT2D eigenvalue weighted by Gasteiger charge is -2.40. The fraction of sp³-hybridized carbons (Fsp3) is 0.100. The average molecular weight is 599 g/mol. The molecule has 0 unspecified atom stereocenters. The summed E-state index contributed by atoms with van der Waals surface area (Å²) in [4.78, 5) is 12.2. The van der Waals surface area contributed by atoms with Gasteiger partial charge in [-0.3, -0.25) is 4.90 Å². The van der Waals surface area contributed by atoms with E-state index >= 15 is 0 Å². The number of rotatable bonds is 4.